The number of anilines is 1. The smallest absolute Gasteiger partial charge is 0.256 e. The first-order chi connectivity index (χ1) is 9.50. The lowest BCUT2D eigenvalue weighted by Crippen LogP contribution is -2.27. The second-order valence-corrected chi connectivity index (χ2v) is 4.86. The van der Waals surface area contributed by atoms with Crippen molar-refractivity contribution >= 4 is 23.2 Å². The number of nitrogen functional groups attached to an aromatic ring is 1. The van der Waals surface area contributed by atoms with Crippen LogP contribution in [0.5, 0.6) is 0 Å². The first-order valence-electron chi connectivity index (χ1n) is 6.03. The molecule has 0 unspecified atom stereocenters. The van der Waals surface area contributed by atoms with Gasteiger partial charge in [0.15, 0.2) is 0 Å². The van der Waals surface area contributed by atoms with Crippen LogP contribution in [-0.4, -0.2) is 17.9 Å². The molecule has 0 bridgehead atoms. The van der Waals surface area contributed by atoms with Crippen LogP contribution in [0.25, 0.3) is 0 Å². The summed E-state index contributed by atoms with van der Waals surface area (Å²) in [6.45, 7) is 0.164. The lowest BCUT2D eigenvalue weighted by atomic mass is 10.1. The van der Waals surface area contributed by atoms with Crippen molar-refractivity contribution in [3.8, 4) is 0 Å². The van der Waals surface area contributed by atoms with Crippen molar-refractivity contribution in [1.82, 2.24) is 4.90 Å². The zero-order valence-corrected chi connectivity index (χ0v) is 11.7. The molecule has 0 aliphatic carbocycles. The quantitative estimate of drug-likeness (QED) is 0.882. The highest BCUT2D eigenvalue weighted by atomic mass is 35.5. The average Bonchev–Trinajstić information content (AvgIpc) is 2.43. The summed E-state index contributed by atoms with van der Waals surface area (Å²) in [6.07, 6.45) is 0. The molecule has 0 atom stereocenters. The summed E-state index contributed by atoms with van der Waals surface area (Å²) in [6, 6.07) is 11.2. The Morgan fingerprint density at radius 3 is 2.65 bits per heavy atom. The molecule has 0 saturated carbocycles. The molecule has 2 rings (SSSR count). The van der Waals surface area contributed by atoms with Crippen molar-refractivity contribution in [1.29, 1.82) is 0 Å². The molecular weight excluding hydrogens is 279 g/mol. The normalized spacial score (nSPS) is 10.3. The number of rotatable bonds is 3. The van der Waals surface area contributed by atoms with Gasteiger partial charge in [-0.3, -0.25) is 4.79 Å². The molecule has 0 heterocycles. The zero-order valence-electron chi connectivity index (χ0n) is 10.9. The van der Waals surface area contributed by atoms with Crippen LogP contribution in [0.3, 0.4) is 0 Å². The summed E-state index contributed by atoms with van der Waals surface area (Å²) in [5.74, 6) is -0.639. The summed E-state index contributed by atoms with van der Waals surface area (Å²) in [5.41, 5.74) is 6.79. The van der Waals surface area contributed by atoms with Crippen molar-refractivity contribution in [3.05, 3.63) is 64.4 Å². The largest absolute Gasteiger partial charge is 0.397 e. The minimum Gasteiger partial charge on any atom is -0.397 e. The fourth-order valence-corrected chi connectivity index (χ4v) is 2.06. The molecular formula is C15H14ClFN2O. The van der Waals surface area contributed by atoms with Crippen molar-refractivity contribution in [2.24, 2.45) is 0 Å². The van der Waals surface area contributed by atoms with E-state index in [9.17, 15) is 9.18 Å². The Bertz CT molecular complexity index is 646. The van der Waals surface area contributed by atoms with Crippen molar-refractivity contribution in [2.45, 2.75) is 6.54 Å². The van der Waals surface area contributed by atoms with E-state index in [0.717, 1.165) is 0 Å². The molecule has 2 aromatic rings. The molecule has 0 fully saturated rings. The molecule has 0 aromatic heterocycles. The Hall–Kier alpha value is -2.07. The van der Waals surface area contributed by atoms with Gasteiger partial charge in [-0.1, -0.05) is 35.9 Å². The number of para-hydroxylation sites is 1. The molecule has 5 heteroatoms. The molecule has 0 radical (unpaired) electrons. The number of hydrogen-bond donors (Lipinski definition) is 1. The van der Waals surface area contributed by atoms with Gasteiger partial charge < -0.3 is 10.6 Å². The predicted octanol–water partition coefficient (Wildman–Crippen LogP) is 3.33. The summed E-state index contributed by atoms with van der Waals surface area (Å²) >= 11 is 5.89. The number of nitrogens with two attached hydrogens (primary N) is 1. The summed E-state index contributed by atoms with van der Waals surface area (Å²) in [7, 11) is 1.59. The fourth-order valence-electron chi connectivity index (χ4n) is 1.88. The molecule has 0 aliphatic rings. The van der Waals surface area contributed by atoms with Gasteiger partial charge in [-0.05, 0) is 18.2 Å². The van der Waals surface area contributed by atoms with E-state index < -0.39 is 0 Å². The highest BCUT2D eigenvalue weighted by molar-refractivity contribution is 6.33. The van der Waals surface area contributed by atoms with Gasteiger partial charge in [0.25, 0.3) is 5.91 Å². The van der Waals surface area contributed by atoms with Crippen LogP contribution < -0.4 is 5.73 Å². The van der Waals surface area contributed by atoms with E-state index in [4.69, 9.17) is 17.3 Å². The van der Waals surface area contributed by atoms with Gasteiger partial charge in [0.1, 0.15) is 5.82 Å². The maximum Gasteiger partial charge on any atom is 0.256 e. The molecule has 3 nitrogen and oxygen atoms in total. The summed E-state index contributed by atoms with van der Waals surface area (Å²) in [5, 5.41) is 0.329. The van der Waals surface area contributed by atoms with E-state index in [-0.39, 0.29) is 24.0 Å². The van der Waals surface area contributed by atoms with Gasteiger partial charge in [-0.2, -0.15) is 0 Å². The third kappa shape index (κ3) is 2.91. The zero-order chi connectivity index (χ0) is 14.7. The highest BCUT2D eigenvalue weighted by Crippen LogP contribution is 2.23. The van der Waals surface area contributed by atoms with Crippen LogP contribution >= 0.6 is 11.6 Å². The number of hydrogen-bond acceptors (Lipinski definition) is 2. The third-order valence-electron chi connectivity index (χ3n) is 3.00. The maximum absolute atomic E-state index is 13.6. The first kappa shape index (κ1) is 14.3. The summed E-state index contributed by atoms with van der Waals surface area (Å²) in [4.78, 5) is 13.7. The SMILES string of the molecule is CN(Cc1ccccc1F)C(=O)c1cccc(Cl)c1N. The minimum absolute atomic E-state index is 0.164. The Labute approximate surface area is 121 Å². The Morgan fingerprint density at radius 1 is 1.25 bits per heavy atom. The minimum atomic E-state index is -0.341. The number of carbonyl (C=O) groups is 1. The fraction of sp³-hybridized carbons (Fsp3) is 0.133. The molecule has 20 heavy (non-hydrogen) atoms. The monoisotopic (exact) mass is 292 g/mol. The molecule has 0 spiro atoms. The van der Waals surface area contributed by atoms with Gasteiger partial charge in [-0.15, -0.1) is 0 Å². The van der Waals surface area contributed by atoms with Crippen molar-refractivity contribution in [3.63, 3.8) is 0 Å². The predicted molar refractivity (Wildman–Crippen MR) is 78.1 cm³/mol. The Kier molecular flexibility index (Phi) is 4.25. The second-order valence-electron chi connectivity index (χ2n) is 4.45. The standard InChI is InChI=1S/C15H14ClFN2O/c1-19(9-10-5-2-3-8-13(10)17)15(20)11-6-4-7-12(16)14(11)18/h2-8H,9,18H2,1H3. The van der Waals surface area contributed by atoms with Gasteiger partial charge >= 0.3 is 0 Å². The molecule has 1 amide bonds. The molecule has 2 aromatic carbocycles. The topological polar surface area (TPSA) is 46.3 Å². The Morgan fingerprint density at radius 2 is 1.95 bits per heavy atom. The lowest BCUT2D eigenvalue weighted by Gasteiger charge is -2.19. The second kappa shape index (κ2) is 5.92. The number of benzene rings is 2. The average molecular weight is 293 g/mol. The van der Waals surface area contributed by atoms with Gasteiger partial charge in [0.2, 0.25) is 0 Å². The van der Waals surface area contributed by atoms with Crippen LogP contribution in [0.15, 0.2) is 42.5 Å². The van der Waals surface area contributed by atoms with Crippen LogP contribution in [-0.2, 0) is 6.54 Å². The molecule has 104 valence electrons. The highest BCUT2D eigenvalue weighted by Gasteiger charge is 2.17. The Balaban J connectivity index is 2.21. The third-order valence-corrected chi connectivity index (χ3v) is 3.32. The van der Waals surface area contributed by atoms with E-state index in [0.29, 0.717) is 16.1 Å². The van der Waals surface area contributed by atoms with E-state index in [1.54, 1.807) is 43.4 Å². The summed E-state index contributed by atoms with van der Waals surface area (Å²) < 4.78 is 13.6. The van der Waals surface area contributed by atoms with Gasteiger partial charge in [0, 0.05) is 19.2 Å². The van der Waals surface area contributed by atoms with E-state index in [2.05, 4.69) is 0 Å². The number of carbonyl (C=O) groups excluding carboxylic acids is 1. The van der Waals surface area contributed by atoms with Gasteiger partial charge in [-0.25, -0.2) is 4.39 Å². The first-order valence-corrected chi connectivity index (χ1v) is 6.41. The number of amides is 1. The lowest BCUT2D eigenvalue weighted by molar-refractivity contribution is 0.0785. The van der Waals surface area contributed by atoms with Crippen LogP contribution in [0.2, 0.25) is 5.02 Å². The van der Waals surface area contributed by atoms with Gasteiger partial charge in [0.05, 0.1) is 16.3 Å². The maximum atomic E-state index is 13.6. The van der Waals surface area contributed by atoms with Crippen molar-refractivity contribution < 1.29 is 9.18 Å². The molecule has 0 saturated heterocycles. The van der Waals surface area contributed by atoms with Crippen LogP contribution in [0.1, 0.15) is 15.9 Å². The number of halogens is 2. The van der Waals surface area contributed by atoms with Crippen LogP contribution in [0.4, 0.5) is 10.1 Å². The number of nitrogens with zero attached hydrogens (tertiary/aromatic N) is 1. The van der Waals surface area contributed by atoms with Crippen LogP contribution in [0, 0.1) is 5.82 Å². The van der Waals surface area contributed by atoms with E-state index in [1.807, 2.05) is 0 Å². The van der Waals surface area contributed by atoms with Crippen molar-refractivity contribution in [2.75, 3.05) is 12.8 Å². The van der Waals surface area contributed by atoms with E-state index >= 15 is 0 Å². The molecule has 0 aliphatic heterocycles. The molecule has 2 N–H and O–H groups in total. The van der Waals surface area contributed by atoms with E-state index in [1.165, 1.54) is 11.0 Å².